The highest BCUT2D eigenvalue weighted by atomic mass is 79.9. The van der Waals surface area contributed by atoms with Gasteiger partial charge in [-0.2, -0.15) is 0 Å². The predicted molar refractivity (Wildman–Crippen MR) is 90.9 cm³/mol. The number of hydrogen-bond donors (Lipinski definition) is 1. The van der Waals surface area contributed by atoms with Crippen LogP contribution >= 0.6 is 15.9 Å². The van der Waals surface area contributed by atoms with E-state index in [1.807, 2.05) is 50.2 Å². The second kappa shape index (κ2) is 5.86. The van der Waals surface area contributed by atoms with Crippen LogP contribution in [-0.2, 0) is 4.79 Å². The molecule has 0 radical (unpaired) electrons. The summed E-state index contributed by atoms with van der Waals surface area (Å²) in [4.78, 5) is 14.3. The summed E-state index contributed by atoms with van der Waals surface area (Å²) in [5, 5.41) is 10.3. The van der Waals surface area contributed by atoms with Gasteiger partial charge in [0.05, 0.1) is 5.92 Å². The summed E-state index contributed by atoms with van der Waals surface area (Å²) in [6, 6.07) is 13.6. The van der Waals surface area contributed by atoms with Crippen molar-refractivity contribution in [2.75, 3.05) is 4.90 Å². The lowest BCUT2D eigenvalue weighted by Crippen LogP contribution is -2.33. The van der Waals surface area contributed by atoms with Gasteiger partial charge in [-0.1, -0.05) is 45.3 Å². The fourth-order valence-corrected chi connectivity index (χ4v) is 3.39. The Morgan fingerprint density at radius 2 is 1.68 bits per heavy atom. The summed E-state index contributed by atoms with van der Waals surface area (Å²) in [7, 11) is 0. The molecule has 22 heavy (non-hydrogen) atoms. The highest BCUT2D eigenvalue weighted by Crippen LogP contribution is 2.36. The van der Waals surface area contributed by atoms with Gasteiger partial charge < -0.3 is 5.11 Å². The monoisotopic (exact) mass is 359 g/mol. The number of benzene rings is 2. The van der Waals surface area contributed by atoms with Crippen LogP contribution in [0.3, 0.4) is 0 Å². The average molecular weight is 360 g/mol. The lowest BCUT2D eigenvalue weighted by molar-refractivity contribution is -0.118. The summed E-state index contributed by atoms with van der Waals surface area (Å²) in [6.45, 7) is 4.05. The molecule has 1 N–H and O–H groups in total. The number of anilines is 1. The first-order valence-electron chi connectivity index (χ1n) is 7.30. The lowest BCUT2D eigenvalue weighted by Gasteiger charge is -2.20. The normalized spacial score (nSPS) is 21.5. The number of halogens is 1. The number of nitrogens with zero attached hydrogens (tertiary/aromatic N) is 1. The quantitative estimate of drug-likeness (QED) is 0.882. The van der Waals surface area contributed by atoms with Crippen LogP contribution < -0.4 is 4.90 Å². The SMILES string of the molecule is Cc1cc(C)cc(C2CC(O)N(c3ccc(Br)cc3)C2=O)c1. The third-order valence-corrected chi connectivity index (χ3v) is 4.56. The smallest absolute Gasteiger partial charge is 0.236 e. The molecule has 114 valence electrons. The molecule has 1 heterocycles. The van der Waals surface area contributed by atoms with Crippen molar-refractivity contribution in [3.8, 4) is 0 Å². The number of aliphatic hydroxyl groups is 1. The van der Waals surface area contributed by atoms with Crippen molar-refractivity contribution in [2.45, 2.75) is 32.4 Å². The molecule has 2 unspecified atom stereocenters. The maximum Gasteiger partial charge on any atom is 0.236 e. The number of carbonyl (C=O) groups excluding carboxylic acids is 1. The fourth-order valence-electron chi connectivity index (χ4n) is 3.12. The fraction of sp³-hybridized carbons (Fsp3) is 0.278. The van der Waals surface area contributed by atoms with Crippen LogP contribution in [0.25, 0.3) is 0 Å². The topological polar surface area (TPSA) is 40.5 Å². The molecular formula is C18H18BrNO2. The largest absolute Gasteiger partial charge is 0.373 e. The highest BCUT2D eigenvalue weighted by molar-refractivity contribution is 9.10. The van der Waals surface area contributed by atoms with E-state index in [1.165, 1.54) is 4.90 Å². The van der Waals surface area contributed by atoms with Crippen molar-refractivity contribution in [1.29, 1.82) is 0 Å². The van der Waals surface area contributed by atoms with Crippen LogP contribution in [0.4, 0.5) is 5.69 Å². The summed E-state index contributed by atoms with van der Waals surface area (Å²) in [5.74, 6) is -0.322. The van der Waals surface area contributed by atoms with Crippen LogP contribution in [0.5, 0.6) is 0 Å². The molecule has 4 heteroatoms. The molecule has 2 atom stereocenters. The Morgan fingerprint density at radius 1 is 1.09 bits per heavy atom. The Morgan fingerprint density at radius 3 is 2.27 bits per heavy atom. The molecule has 0 bridgehead atoms. The van der Waals surface area contributed by atoms with E-state index in [-0.39, 0.29) is 11.8 Å². The number of aryl methyl sites for hydroxylation is 2. The van der Waals surface area contributed by atoms with Gasteiger partial charge in [0.1, 0.15) is 6.23 Å². The van der Waals surface area contributed by atoms with Gasteiger partial charge >= 0.3 is 0 Å². The summed E-state index contributed by atoms with van der Waals surface area (Å²) >= 11 is 3.38. The Bertz CT molecular complexity index is 691. The maximum absolute atomic E-state index is 12.8. The van der Waals surface area contributed by atoms with E-state index in [0.29, 0.717) is 6.42 Å². The van der Waals surface area contributed by atoms with Crippen LogP contribution in [-0.4, -0.2) is 17.2 Å². The van der Waals surface area contributed by atoms with Gasteiger partial charge in [0.15, 0.2) is 0 Å². The standard InChI is InChI=1S/C18H18BrNO2/c1-11-7-12(2)9-13(8-11)16-10-17(21)20(18(16)22)15-5-3-14(19)4-6-15/h3-9,16-17,21H,10H2,1-2H3. The van der Waals surface area contributed by atoms with E-state index in [2.05, 4.69) is 22.0 Å². The minimum Gasteiger partial charge on any atom is -0.373 e. The number of carbonyl (C=O) groups is 1. The first-order valence-corrected chi connectivity index (χ1v) is 8.10. The summed E-state index contributed by atoms with van der Waals surface area (Å²) in [5.41, 5.74) is 3.99. The molecule has 2 aromatic rings. The summed E-state index contributed by atoms with van der Waals surface area (Å²) in [6.07, 6.45) is -0.350. The minimum absolute atomic E-state index is 0.0418. The van der Waals surface area contributed by atoms with E-state index >= 15 is 0 Å². The minimum atomic E-state index is -0.778. The molecule has 3 rings (SSSR count). The highest BCUT2D eigenvalue weighted by Gasteiger charge is 2.40. The van der Waals surface area contributed by atoms with E-state index in [9.17, 15) is 9.90 Å². The molecule has 0 spiro atoms. The van der Waals surface area contributed by atoms with Crippen molar-refractivity contribution < 1.29 is 9.90 Å². The number of hydrogen-bond acceptors (Lipinski definition) is 2. The van der Waals surface area contributed by atoms with E-state index < -0.39 is 6.23 Å². The van der Waals surface area contributed by atoms with E-state index in [1.54, 1.807) is 0 Å². The zero-order valence-corrected chi connectivity index (χ0v) is 14.2. The third-order valence-electron chi connectivity index (χ3n) is 4.03. The number of aliphatic hydroxyl groups excluding tert-OH is 1. The van der Waals surface area contributed by atoms with Crippen LogP contribution in [0.15, 0.2) is 46.9 Å². The molecule has 1 saturated heterocycles. The Hall–Kier alpha value is -1.65. The van der Waals surface area contributed by atoms with Crippen LogP contribution in [0.1, 0.15) is 29.0 Å². The molecule has 0 aliphatic carbocycles. The maximum atomic E-state index is 12.8. The third kappa shape index (κ3) is 2.81. The Labute approximate surface area is 138 Å². The second-order valence-corrected chi connectivity index (χ2v) is 6.79. The molecular weight excluding hydrogens is 342 g/mol. The van der Waals surface area contributed by atoms with E-state index in [0.717, 1.165) is 26.9 Å². The summed E-state index contributed by atoms with van der Waals surface area (Å²) < 4.78 is 0.947. The van der Waals surface area contributed by atoms with Gasteiger partial charge in [-0.05, 0) is 43.7 Å². The van der Waals surface area contributed by atoms with Gasteiger partial charge in [0, 0.05) is 16.6 Å². The molecule has 1 aliphatic rings. The predicted octanol–water partition coefficient (Wildman–Crippen LogP) is 3.90. The zero-order valence-electron chi connectivity index (χ0n) is 12.6. The molecule has 0 saturated carbocycles. The number of rotatable bonds is 2. The molecule has 3 nitrogen and oxygen atoms in total. The molecule has 1 fully saturated rings. The Balaban J connectivity index is 1.94. The van der Waals surface area contributed by atoms with Crippen molar-refractivity contribution in [1.82, 2.24) is 0 Å². The second-order valence-electron chi connectivity index (χ2n) is 5.87. The first-order chi connectivity index (χ1) is 10.5. The Kier molecular flexibility index (Phi) is 4.06. The first kappa shape index (κ1) is 15.3. The van der Waals surface area contributed by atoms with Crippen LogP contribution in [0.2, 0.25) is 0 Å². The van der Waals surface area contributed by atoms with Gasteiger partial charge in [0.2, 0.25) is 5.91 Å². The number of amides is 1. The average Bonchev–Trinajstić information content (AvgIpc) is 2.74. The van der Waals surface area contributed by atoms with Crippen LogP contribution in [0, 0.1) is 13.8 Å². The van der Waals surface area contributed by atoms with Crippen molar-refractivity contribution in [3.63, 3.8) is 0 Å². The lowest BCUT2D eigenvalue weighted by atomic mass is 9.94. The van der Waals surface area contributed by atoms with Crippen molar-refractivity contribution >= 4 is 27.5 Å². The van der Waals surface area contributed by atoms with Crippen molar-refractivity contribution in [2.24, 2.45) is 0 Å². The molecule has 1 amide bonds. The van der Waals surface area contributed by atoms with E-state index in [4.69, 9.17) is 0 Å². The van der Waals surface area contributed by atoms with Gasteiger partial charge in [-0.25, -0.2) is 0 Å². The van der Waals surface area contributed by atoms with Crippen molar-refractivity contribution in [3.05, 3.63) is 63.6 Å². The van der Waals surface area contributed by atoms with Gasteiger partial charge in [0.25, 0.3) is 0 Å². The zero-order chi connectivity index (χ0) is 15.9. The molecule has 2 aromatic carbocycles. The molecule has 1 aliphatic heterocycles. The van der Waals surface area contributed by atoms with Gasteiger partial charge in [-0.3, -0.25) is 9.69 Å². The van der Waals surface area contributed by atoms with Gasteiger partial charge in [-0.15, -0.1) is 0 Å². The molecule has 0 aromatic heterocycles.